The first-order valence-electron chi connectivity index (χ1n) is 6.79. The van der Waals surface area contributed by atoms with E-state index in [2.05, 4.69) is 10.1 Å². The number of carbonyl (C=O) groups excluding carboxylic acids is 1. The molecule has 0 heterocycles. The molecule has 21 heavy (non-hydrogen) atoms. The minimum Gasteiger partial charge on any atom is -0.468 e. The van der Waals surface area contributed by atoms with E-state index in [0.717, 1.165) is 6.07 Å². The third kappa shape index (κ3) is 5.40. The smallest absolute Gasteiger partial charge is 0.322 e. The first kappa shape index (κ1) is 17.5. The molecule has 0 aromatic heterocycles. The maximum Gasteiger partial charge on any atom is 0.322 e. The molecule has 0 aliphatic carbocycles. The second kappa shape index (κ2) is 8.05. The van der Waals surface area contributed by atoms with E-state index in [1.54, 1.807) is 0 Å². The van der Waals surface area contributed by atoms with Crippen LogP contribution in [0.2, 0.25) is 0 Å². The maximum absolute atomic E-state index is 13.5. The Labute approximate surface area is 123 Å². The van der Waals surface area contributed by atoms with Gasteiger partial charge in [0.05, 0.1) is 13.2 Å². The Hall–Kier alpha value is -1.53. The van der Waals surface area contributed by atoms with Gasteiger partial charge in [-0.1, -0.05) is 19.9 Å². The van der Waals surface area contributed by atoms with Crippen LogP contribution < -0.4 is 5.32 Å². The molecule has 2 atom stereocenters. The lowest BCUT2D eigenvalue weighted by Crippen LogP contribution is -2.40. The van der Waals surface area contributed by atoms with Gasteiger partial charge >= 0.3 is 5.97 Å². The normalized spacial score (nSPS) is 14.0. The second-order valence-corrected chi connectivity index (χ2v) is 5.30. The predicted molar refractivity (Wildman–Crippen MR) is 74.6 cm³/mol. The number of hydrogen-bond acceptors (Lipinski definition) is 4. The number of aliphatic hydroxyl groups excluding tert-OH is 1. The molecule has 0 radical (unpaired) electrons. The lowest BCUT2D eigenvalue weighted by Gasteiger charge is -2.20. The van der Waals surface area contributed by atoms with E-state index in [1.807, 2.05) is 13.8 Å². The van der Waals surface area contributed by atoms with Gasteiger partial charge in [-0.05, 0) is 18.4 Å². The van der Waals surface area contributed by atoms with Crippen LogP contribution in [0.5, 0.6) is 0 Å². The Bertz CT molecular complexity index is 480. The highest BCUT2D eigenvalue weighted by atomic mass is 19.1. The highest BCUT2D eigenvalue weighted by Crippen LogP contribution is 2.18. The molecule has 1 rings (SSSR count). The van der Waals surface area contributed by atoms with E-state index in [1.165, 1.54) is 13.2 Å². The predicted octanol–water partition coefficient (Wildman–Crippen LogP) is 2.18. The fourth-order valence-electron chi connectivity index (χ4n) is 2.01. The zero-order valence-electron chi connectivity index (χ0n) is 12.4. The summed E-state index contributed by atoms with van der Waals surface area (Å²) >= 11 is 0. The molecule has 0 saturated heterocycles. The zero-order chi connectivity index (χ0) is 16.0. The summed E-state index contributed by atoms with van der Waals surface area (Å²) in [5, 5.41) is 12.8. The number of benzene rings is 1. The number of halogens is 2. The topological polar surface area (TPSA) is 58.6 Å². The van der Waals surface area contributed by atoms with Crippen LogP contribution in [0.15, 0.2) is 18.2 Å². The Morgan fingerprint density at radius 2 is 2.05 bits per heavy atom. The fraction of sp³-hybridized carbons (Fsp3) is 0.533. The number of esters is 1. The number of methoxy groups -OCH3 is 1. The van der Waals surface area contributed by atoms with Gasteiger partial charge in [-0.25, -0.2) is 8.78 Å². The third-order valence-corrected chi connectivity index (χ3v) is 3.07. The van der Waals surface area contributed by atoms with Crippen molar-refractivity contribution in [2.75, 3.05) is 13.7 Å². The Morgan fingerprint density at radius 1 is 1.38 bits per heavy atom. The van der Waals surface area contributed by atoms with Crippen LogP contribution in [-0.2, 0) is 9.53 Å². The van der Waals surface area contributed by atoms with Gasteiger partial charge < -0.3 is 15.2 Å². The lowest BCUT2D eigenvalue weighted by atomic mass is 10.0. The molecule has 2 N–H and O–H groups in total. The van der Waals surface area contributed by atoms with Crippen LogP contribution >= 0.6 is 0 Å². The average molecular weight is 301 g/mol. The number of carbonyl (C=O) groups is 1. The summed E-state index contributed by atoms with van der Waals surface area (Å²) in [6.07, 6.45) is -0.643. The third-order valence-electron chi connectivity index (χ3n) is 3.07. The van der Waals surface area contributed by atoms with Crippen molar-refractivity contribution < 1.29 is 23.4 Å². The van der Waals surface area contributed by atoms with Crippen LogP contribution in [0.4, 0.5) is 8.78 Å². The van der Waals surface area contributed by atoms with Crippen molar-refractivity contribution in [3.8, 4) is 0 Å². The molecule has 0 bridgehead atoms. The first-order valence-corrected chi connectivity index (χ1v) is 6.79. The van der Waals surface area contributed by atoms with Crippen molar-refractivity contribution >= 4 is 5.97 Å². The lowest BCUT2D eigenvalue weighted by molar-refractivity contribution is -0.143. The quantitative estimate of drug-likeness (QED) is 0.758. The average Bonchev–Trinajstić information content (AvgIpc) is 2.41. The van der Waals surface area contributed by atoms with Crippen LogP contribution in [-0.4, -0.2) is 30.8 Å². The van der Waals surface area contributed by atoms with Crippen molar-refractivity contribution in [3.05, 3.63) is 35.4 Å². The van der Waals surface area contributed by atoms with E-state index in [4.69, 9.17) is 0 Å². The first-order chi connectivity index (χ1) is 9.85. The molecule has 0 aliphatic rings. The van der Waals surface area contributed by atoms with E-state index in [-0.39, 0.29) is 18.0 Å². The van der Waals surface area contributed by atoms with Gasteiger partial charge in [-0.15, -0.1) is 0 Å². The van der Waals surface area contributed by atoms with Gasteiger partial charge in [0.2, 0.25) is 0 Å². The van der Waals surface area contributed by atoms with Crippen molar-refractivity contribution in [1.29, 1.82) is 0 Å². The summed E-state index contributed by atoms with van der Waals surface area (Å²) in [4.78, 5) is 11.6. The van der Waals surface area contributed by atoms with Crippen molar-refractivity contribution in [1.82, 2.24) is 5.32 Å². The Balaban J connectivity index is 2.68. The standard InChI is InChI=1S/C15H21F2NO3/c1-9(2)6-13(15(20)21-3)18-8-14(19)11-5-4-10(16)7-12(11)17/h4-5,7,9,13-14,18-19H,6,8H2,1-3H3. The van der Waals surface area contributed by atoms with Gasteiger partial charge in [0.15, 0.2) is 0 Å². The summed E-state index contributed by atoms with van der Waals surface area (Å²) < 4.78 is 31.0. The van der Waals surface area contributed by atoms with E-state index < -0.39 is 29.7 Å². The van der Waals surface area contributed by atoms with Crippen molar-refractivity contribution in [3.63, 3.8) is 0 Å². The molecular formula is C15H21F2NO3. The van der Waals surface area contributed by atoms with Crippen LogP contribution in [0, 0.1) is 17.6 Å². The van der Waals surface area contributed by atoms with Crippen molar-refractivity contribution in [2.45, 2.75) is 32.4 Å². The zero-order valence-corrected chi connectivity index (χ0v) is 12.4. The summed E-state index contributed by atoms with van der Waals surface area (Å²) in [5.74, 6) is -1.71. The number of nitrogens with one attached hydrogen (secondary N) is 1. The number of rotatable bonds is 7. The van der Waals surface area contributed by atoms with Crippen LogP contribution in [0.3, 0.4) is 0 Å². The summed E-state index contributed by atoms with van der Waals surface area (Å²) in [5.41, 5.74) is -0.0166. The highest BCUT2D eigenvalue weighted by molar-refractivity contribution is 5.75. The summed E-state index contributed by atoms with van der Waals surface area (Å²) in [6.45, 7) is 3.87. The SMILES string of the molecule is COC(=O)C(CC(C)C)NCC(O)c1ccc(F)cc1F. The summed E-state index contributed by atoms with van der Waals surface area (Å²) in [6, 6.07) is 2.40. The highest BCUT2D eigenvalue weighted by Gasteiger charge is 2.22. The van der Waals surface area contributed by atoms with E-state index in [0.29, 0.717) is 12.5 Å². The van der Waals surface area contributed by atoms with Gasteiger partial charge in [0.25, 0.3) is 0 Å². The molecule has 0 spiro atoms. The largest absolute Gasteiger partial charge is 0.468 e. The molecule has 2 unspecified atom stereocenters. The second-order valence-electron chi connectivity index (χ2n) is 5.30. The molecule has 6 heteroatoms. The molecule has 4 nitrogen and oxygen atoms in total. The Kier molecular flexibility index (Phi) is 6.71. The number of aliphatic hydroxyl groups is 1. The van der Waals surface area contributed by atoms with E-state index in [9.17, 15) is 18.7 Å². The van der Waals surface area contributed by atoms with Crippen molar-refractivity contribution in [2.24, 2.45) is 5.92 Å². The Morgan fingerprint density at radius 3 is 2.57 bits per heavy atom. The number of ether oxygens (including phenoxy) is 1. The summed E-state index contributed by atoms with van der Waals surface area (Å²) in [7, 11) is 1.29. The molecular weight excluding hydrogens is 280 g/mol. The van der Waals surface area contributed by atoms with Gasteiger partial charge in [-0.2, -0.15) is 0 Å². The molecule has 1 aromatic carbocycles. The van der Waals surface area contributed by atoms with Gasteiger partial charge in [-0.3, -0.25) is 4.79 Å². The fourth-order valence-corrected chi connectivity index (χ4v) is 2.01. The molecule has 0 aliphatic heterocycles. The van der Waals surface area contributed by atoms with E-state index >= 15 is 0 Å². The number of hydrogen-bond donors (Lipinski definition) is 2. The van der Waals surface area contributed by atoms with Gasteiger partial charge in [0, 0.05) is 18.2 Å². The molecule has 0 fully saturated rings. The maximum atomic E-state index is 13.5. The van der Waals surface area contributed by atoms with Crippen LogP contribution in [0.25, 0.3) is 0 Å². The van der Waals surface area contributed by atoms with Crippen LogP contribution in [0.1, 0.15) is 31.9 Å². The monoisotopic (exact) mass is 301 g/mol. The minimum atomic E-state index is -1.18. The van der Waals surface area contributed by atoms with Gasteiger partial charge in [0.1, 0.15) is 17.7 Å². The molecule has 0 saturated carbocycles. The molecule has 118 valence electrons. The molecule has 0 amide bonds. The molecule has 1 aromatic rings. The minimum absolute atomic E-state index is 0.0166.